The first-order chi connectivity index (χ1) is 22.2. The van der Waals surface area contributed by atoms with Crippen LogP contribution in [0.2, 0.25) is 0 Å². The molecule has 46 heavy (non-hydrogen) atoms. The van der Waals surface area contributed by atoms with Gasteiger partial charge in [0.2, 0.25) is 11.8 Å². The summed E-state index contributed by atoms with van der Waals surface area (Å²) in [6, 6.07) is 9.44. The number of nitrogens with one attached hydrogen (secondary N) is 2. The van der Waals surface area contributed by atoms with Gasteiger partial charge in [-0.15, -0.1) is 0 Å². The second-order valence-corrected chi connectivity index (χ2v) is 10.1. The number of aromatic nitrogens is 4. The van der Waals surface area contributed by atoms with Gasteiger partial charge in [0.05, 0.1) is 29.9 Å². The molecule has 2 N–H and O–H groups in total. The van der Waals surface area contributed by atoms with Crippen LogP contribution < -0.4 is 15.4 Å². The summed E-state index contributed by atoms with van der Waals surface area (Å²) in [6.45, 7) is -0.455. The Bertz CT molecular complexity index is 1650. The van der Waals surface area contributed by atoms with Crippen LogP contribution in [0.1, 0.15) is 52.2 Å². The van der Waals surface area contributed by atoms with Gasteiger partial charge in [-0.1, -0.05) is 0 Å². The number of nitrogens with zero attached hydrogens (tertiary/aromatic N) is 4. The molecule has 1 aliphatic rings. The van der Waals surface area contributed by atoms with Gasteiger partial charge in [0.25, 0.3) is 5.91 Å². The standard InChI is InChI=1S/C30H29F3N6O7/c31-30(32,33)18-35-29(42)46-25-14-20(10-11-34-25)28-37-24(17-45-28)27(41)36-23-15-39(21-8-6-19(16-40)7-9-21)38-22(23)4-3-13-44-26-5-1-2-12-43-26/h6-11,14-17,26H,1-5,12-13,18H2,(H,35,42)(H,36,41). The van der Waals surface area contributed by atoms with E-state index in [0.29, 0.717) is 48.7 Å². The molecule has 0 aliphatic carbocycles. The SMILES string of the molecule is O=Cc1ccc(-n2cc(NC(=O)c3coc(-c4ccnc(OC(=O)NCC(F)(F)F)c4)n3)c(CCCOC3CCCCO3)n2)cc1. The third kappa shape index (κ3) is 8.98. The number of halogens is 3. The van der Waals surface area contributed by atoms with Crippen molar-refractivity contribution in [3.63, 3.8) is 0 Å². The van der Waals surface area contributed by atoms with Gasteiger partial charge in [0.1, 0.15) is 19.1 Å². The van der Waals surface area contributed by atoms with Crippen LogP contribution in [-0.4, -0.2) is 70.3 Å². The van der Waals surface area contributed by atoms with E-state index in [-0.39, 0.29) is 29.3 Å². The second-order valence-electron chi connectivity index (χ2n) is 10.1. The summed E-state index contributed by atoms with van der Waals surface area (Å²) in [7, 11) is 0. The molecular formula is C30H29F3N6O7. The molecule has 0 saturated carbocycles. The van der Waals surface area contributed by atoms with Gasteiger partial charge >= 0.3 is 12.3 Å². The molecule has 1 atom stereocenters. The van der Waals surface area contributed by atoms with Crippen LogP contribution >= 0.6 is 0 Å². The lowest BCUT2D eigenvalue weighted by molar-refractivity contribution is -0.162. The van der Waals surface area contributed by atoms with Gasteiger partial charge in [0, 0.05) is 30.0 Å². The summed E-state index contributed by atoms with van der Waals surface area (Å²) in [5, 5.41) is 9.03. The highest BCUT2D eigenvalue weighted by atomic mass is 19.4. The van der Waals surface area contributed by atoms with E-state index in [2.05, 4.69) is 20.4 Å². The largest absolute Gasteiger partial charge is 0.444 e. The predicted molar refractivity (Wildman–Crippen MR) is 155 cm³/mol. The Kier molecular flexibility index (Phi) is 10.4. The zero-order valence-electron chi connectivity index (χ0n) is 24.3. The van der Waals surface area contributed by atoms with E-state index in [9.17, 15) is 27.6 Å². The zero-order valence-corrected chi connectivity index (χ0v) is 24.3. The van der Waals surface area contributed by atoms with Crippen LogP contribution in [0.25, 0.3) is 17.1 Å². The van der Waals surface area contributed by atoms with E-state index in [4.69, 9.17) is 18.6 Å². The Balaban J connectivity index is 1.26. The first kappa shape index (κ1) is 32.3. The molecular weight excluding hydrogens is 613 g/mol. The third-order valence-corrected chi connectivity index (χ3v) is 6.68. The Labute approximate surface area is 260 Å². The van der Waals surface area contributed by atoms with Crippen molar-refractivity contribution in [3.05, 3.63) is 72.0 Å². The highest BCUT2D eigenvalue weighted by Gasteiger charge is 2.28. The molecule has 1 aromatic carbocycles. The van der Waals surface area contributed by atoms with Gasteiger partial charge < -0.3 is 29.3 Å². The maximum Gasteiger partial charge on any atom is 0.414 e. The summed E-state index contributed by atoms with van der Waals surface area (Å²) >= 11 is 0. The van der Waals surface area contributed by atoms with Crippen molar-refractivity contribution < 1.29 is 46.2 Å². The number of benzene rings is 1. The number of oxazole rings is 1. The minimum atomic E-state index is -4.61. The van der Waals surface area contributed by atoms with Crippen molar-refractivity contribution in [3.8, 4) is 23.0 Å². The van der Waals surface area contributed by atoms with Gasteiger partial charge in [-0.25, -0.2) is 19.4 Å². The number of ether oxygens (including phenoxy) is 3. The fourth-order valence-corrected chi connectivity index (χ4v) is 4.43. The molecule has 4 aromatic rings. The molecule has 3 aromatic heterocycles. The molecule has 0 spiro atoms. The molecule has 1 fully saturated rings. The summed E-state index contributed by atoms with van der Waals surface area (Å²) in [4.78, 5) is 44.0. The number of amides is 2. The Hall–Kier alpha value is -5.09. The van der Waals surface area contributed by atoms with Gasteiger partial charge in [-0.05, 0) is 62.4 Å². The van der Waals surface area contributed by atoms with Crippen LogP contribution in [0.5, 0.6) is 5.88 Å². The Morgan fingerprint density at radius 2 is 1.98 bits per heavy atom. The van der Waals surface area contributed by atoms with E-state index in [1.165, 1.54) is 18.3 Å². The molecule has 4 heterocycles. The summed E-state index contributed by atoms with van der Waals surface area (Å²) in [5.74, 6) is -0.934. The average Bonchev–Trinajstić information content (AvgIpc) is 3.71. The van der Waals surface area contributed by atoms with Crippen molar-refractivity contribution >= 4 is 24.0 Å². The number of hydrogen-bond donors (Lipinski definition) is 2. The maximum absolute atomic E-state index is 13.2. The fourth-order valence-electron chi connectivity index (χ4n) is 4.43. The highest BCUT2D eigenvalue weighted by molar-refractivity contribution is 6.03. The lowest BCUT2D eigenvalue weighted by atomic mass is 10.2. The van der Waals surface area contributed by atoms with Crippen molar-refractivity contribution in [1.29, 1.82) is 0 Å². The summed E-state index contributed by atoms with van der Waals surface area (Å²) in [6.07, 6.45) is 2.56. The maximum atomic E-state index is 13.2. The number of hydrogen-bond acceptors (Lipinski definition) is 10. The summed E-state index contributed by atoms with van der Waals surface area (Å²) in [5.41, 5.74) is 2.36. The van der Waals surface area contributed by atoms with Crippen LogP contribution in [0.15, 0.2) is 59.5 Å². The predicted octanol–water partition coefficient (Wildman–Crippen LogP) is 5.11. The number of carbonyl (C=O) groups is 3. The van der Waals surface area contributed by atoms with Gasteiger partial charge in [-0.2, -0.15) is 18.3 Å². The quantitative estimate of drug-likeness (QED) is 0.157. The van der Waals surface area contributed by atoms with Crippen molar-refractivity contribution in [2.24, 2.45) is 0 Å². The lowest BCUT2D eigenvalue weighted by Gasteiger charge is -2.22. The molecule has 0 radical (unpaired) electrons. The molecule has 13 nitrogen and oxygen atoms in total. The normalized spacial score (nSPS) is 14.9. The molecule has 1 aliphatic heterocycles. The van der Waals surface area contributed by atoms with E-state index in [0.717, 1.165) is 31.8 Å². The molecule has 0 bridgehead atoms. The topological polar surface area (TPSA) is 160 Å². The monoisotopic (exact) mass is 642 g/mol. The second kappa shape index (κ2) is 14.8. The molecule has 2 amide bonds. The minimum absolute atomic E-state index is 0.0265. The number of rotatable bonds is 12. The molecule has 5 rings (SSSR count). The first-order valence-electron chi connectivity index (χ1n) is 14.3. The number of pyridine rings is 1. The van der Waals surface area contributed by atoms with Crippen LogP contribution in [0, 0.1) is 0 Å². The molecule has 1 saturated heterocycles. The van der Waals surface area contributed by atoms with Crippen molar-refractivity contribution in [1.82, 2.24) is 25.1 Å². The number of aryl methyl sites for hydroxylation is 1. The van der Waals surface area contributed by atoms with E-state index in [1.807, 2.05) is 0 Å². The Morgan fingerprint density at radius 1 is 1.15 bits per heavy atom. The van der Waals surface area contributed by atoms with E-state index >= 15 is 0 Å². The van der Waals surface area contributed by atoms with Gasteiger partial charge in [-0.3, -0.25) is 9.59 Å². The molecule has 242 valence electrons. The molecule has 1 unspecified atom stereocenters. The highest BCUT2D eigenvalue weighted by Crippen LogP contribution is 2.24. The first-order valence-corrected chi connectivity index (χ1v) is 14.3. The van der Waals surface area contributed by atoms with E-state index in [1.54, 1.807) is 40.5 Å². The number of aldehydes is 1. The van der Waals surface area contributed by atoms with Crippen LogP contribution in [0.4, 0.5) is 23.7 Å². The van der Waals surface area contributed by atoms with E-state index < -0.39 is 24.7 Å². The van der Waals surface area contributed by atoms with Gasteiger partial charge in [0.15, 0.2) is 12.0 Å². The molecule has 16 heteroatoms. The summed E-state index contributed by atoms with van der Waals surface area (Å²) < 4.78 is 60.3. The Morgan fingerprint density at radius 3 is 2.72 bits per heavy atom. The zero-order chi connectivity index (χ0) is 32.5. The lowest BCUT2D eigenvalue weighted by Crippen LogP contribution is -2.35. The smallest absolute Gasteiger partial charge is 0.414 e. The minimum Gasteiger partial charge on any atom is -0.444 e. The van der Waals surface area contributed by atoms with Crippen molar-refractivity contribution in [2.75, 3.05) is 25.1 Å². The van der Waals surface area contributed by atoms with Crippen LogP contribution in [-0.2, 0) is 15.9 Å². The average molecular weight is 643 g/mol. The van der Waals surface area contributed by atoms with Crippen molar-refractivity contribution in [2.45, 2.75) is 44.6 Å². The fraction of sp³-hybridized carbons (Fsp3) is 0.333. The van der Waals surface area contributed by atoms with Crippen LogP contribution in [0.3, 0.4) is 0 Å². The third-order valence-electron chi connectivity index (χ3n) is 6.68. The number of carbonyl (C=O) groups excluding carboxylic acids is 3. The number of anilines is 1. The number of alkyl halides is 3.